The van der Waals surface area contributed by atoms with Crippen molar-refractivity contribution in [2.75, 3.05) is 43.6 Å². The third kappa shape index (κ3) is 2.67. The van der Waals surface area contributed by atoms with Crippen LogP contribution in [0.25, 0.3) is 11.5 Å². The molecular formula is C13H16N6O. The summed E-state index contributed by atoms with van der Waals surface area (Å²) in [7, 11) is 1.79. The Morgan fingerprint density at radius 3 is 2.70 bits per heavy atom. The van der Waals surface area contributed by atoms with Gasteiger partial charge in [-0.1, -0.05) is 6.07 Å². The number of aromatic nitrogens is 4. The Kier molecular flexibility index (Phi) is 3.69. The number of pyridine rings is 1. The second-order valence-electron chi connectivity index (χ2n) is 4.35. The summed E-state index contributed by atoms with van der Waals surface area (Å²) in [6, 6.07) is 5.67. The van der Waals surface area contributed by atoms with Crippen LogP contribution in [0.5, 0.6) is 0 Å². The van der Waals surface area contributed by atoms with Crippen LogP contribution in [-0.4, -0.2) is 53.3 Å². The lowest BCUT2D eigenvalue weighted by Gasteiger charge is -2.27. The zero-order valence-corrected chi connectivity index (χ0v) is 11.3. The van der Waals surface area contributed by atoms with Crippen molar-refractivity contribution in [1.29, 1.82) is 0 Å². The Labute approximate surface area is 117 Å². The van der Waals surface area contributed by atoms with Crippen LogP contribution in [0.3, 0.4) is 0 Å². The Morgan fingerprint density at radius 1 is 1.15 bits per heavy atom. The Balaban J connectivity index is 1.98. The molecule has 2 aromatic rings. The number of nitrogens with zero attached hydrogens (tertiary/aromatic N) is 5. The summed E-state index contributed by atoms with van der Waals surface area (Å²) in [5, 5.41) is 2.97. The fourth-order valence-electron chi connectivity index (χ4n) is 1.99. The summed E-state index contributed by atoms with van der Waals surface area (Å²) in [5.41, 5.74) is 0.737. The number of anilines is 2. The van der Waals surface area contributed by atoms with Crippen LogP contribution in [0, 0.1) is 0 Å². The highest BCUT2D eigenvalue weighted by Gasteiger charge is 2.17. The first kappa shape index (κ1) is 12.7. The molecule has 1 N–H and O–H groups in total. The summed E-state index contributed by atoms with van der Waals surface area (Å²) in [6.45, 7) is 2.96. The van der Waals surface area contributed by atoms with Crippen molar-refractivity contribution in [2.24, 2.45) is 0 Å². The Morgan fingerprint density at radius 2 is 2.00 bits per heavy atom. The lowest BCUT2D eigenvalue weighted by Crippen LogP contribution is -2.37. The topological polar surface area (TPSA) is 76.1 Å². The van der Waals surface area contributed by atoms with Gasteiger partial charge in [0.2, 0.25) is 11.9 Å². The van der Waals surface area contributed by atoms with E-state index in [2.05, 4.69) is 30.2 Å². The van der Waals surface area contributed by atoms with E-state index in [9.17, 15) is 0 Å². The molecule has 7 nitrogen and oxygen atoms in total. The average Bonchev–Trinajstić information content (AvgIpc) is 2.56. The molecule has 20 heavy (non-hydrogen) atoms. The fraction of sp³-hybridized carbons (Fsp3) is 0.385. The number of hydrogen-bond donors (Lipinski definition) is 1. The molecule has 0 bridgehead atoms. The van der Waals surface area contributed by atoms with Gasteiger partial charge in [-0.25, -0.2) is 0 Å². The van der Waals surface area contributed by atoms with E-state index in [-0.39, 0.29) is 0 Å². The summed E-state index contributed by atoms with van der Waals surface area (Å²) in [5.74, 6) is 1.78. The molecule has 7 heteroatoms. The molecule has 1 fully saturated rings. The molecule has 1 aliphatic rings. The molecular weight excluding hydrogens is 256 g/mol. The van der Waals surface area contributed by atoms with Crippen LogP contribution in [0.15, 0.2) is 24.4 Å². The zero-order valence-electron chi connectivity index (χ0n) is 11.3. The van der Waals surface area contributed by atoms with Gasteiger partial charge in [0.25, 0.3) is 0 Å². The molecule has 0 atom stereocenters. The molecule has 0 spiro atoms. The van der Waals surface area contributed by atoms with E-state index in [1.807, 2.05) is 18.2 Å². The molecule has 2 aromatic heterocycles. The number of rotatable bonds is 3. The summed E-state index contributed by atoms with van der Waals surface area (Å²) in [4.78, 5) is 19.7. The van der Waals surface area contributed by atoms with Gasteiger partial charge >= 0.3 is 0 Å². The van der Waals surface area contributed by atoms with E-state index in [1.165, 1.54) is 0 Å². The maximum atomic E-state index is 5.35. The predicted octanol–water partition coefficient (Wildman–Crippen LogP) is 0.812. The molecule has 0 saturated carbocycles. The number of nitrogens with one attached hydrogen (secondary N) is 1. The Bertz CT molecular complexity index is 570. The zero-order chi connectivity index (χ0) is 13.8. The molecule has 1 aliphatic heterocycles. The van der Waals surface area contributed by atoms with Crippen molar-refractivity contribution in [3.8, 4) is 11.5 Å². The predicted molar refractivity (Wildman–Crippen MR) is 75.6 cm³/mol. The minimum Gasteiger partial charge on any atom is -0.378 e. The largest absolute Gasteiger partial charge is 0.378 e. The van der Waals surface area contributed by atoms with Gasteiger partial charge in [0, 0.05) is 26.3 Å². The number of hydrogen-bond acceptors (Lipinski definition) is 7. The molecule has 3 heterocycles. The van der Waals surface area contributed by atoms with Gasteiger partial charge in [0.15, 0.2) is 5.82 Å². The first-order valence-electron chi connectivity index (χ1n) is 6.55. The second kappa shape index (κ2) is 5.79. The minimum atomic E-state index is 0.544. The second-order valence-corrected chi connectivity index (χ2v) is 4.35. The molecule has 1 saturated heterocycles. The van der Waals surface area contributed by atoms with Gasteiger partial charge in [-0.05, 0) is 12.1 Å². The standard InChI is InChI=1S/C13H16N6O/c1-14-12-16-11(10-4-2-3-5-15-10)17-13(18-12)19-6-8-20-9-7-19/h2-5H,6-9H2,1H3,(H,14,16,17,18). The number of ether oxygens (including phenoxy) is 1. The van der Waals surface area contributed by atoms with Crippen LogP contribution in [0.4, 0.5) is 11.9 Å². The highest BCUT2D eigenvalue weighted by Crippen LogP contribution is 2.18. The highest BCUT2D eigenvalue weighted by molar-refractivity contribution is 5.53. The maximum Gasteiger partial charge on any atom is 0.230 e. The van der Waals surface area contributed by atoms with Crippen molar-refractivity contribution in [3.05, 3.63) is 24.4 Å². The van der Waals surface area contributed by atoms with Crippen molar-refractivity contribution < 1.29 is 4.74 Å². The highest BCUT2D eigenvalue weighted by atomic mass is 16.5. The van der Waals surface area contributed by atoms with E-state index in [0.29, 0.717) is 30.9 Å². The van der Waals surface area contributed by atoms with Crippen LogP contribution in [0.1, 0.15) is 0 Å². The van der Waals surface area contributed by atoms with E-state index >= 15 is 0 Å². The van der Waals surface area contributed by atoms with Crippen molar-refractivity contribution >= 4 is 11.9 Å². The fourth-order valence-corrected chi connectivity index (χ4v) is 1.99. The third-order valence-electron chi connectivity index (χ3n) is 3.04. The van der Waals surface area contributed by atoms with Crippen LogP contribution >= 0.6 is 0 Å². The Hall–Kier alpha value is -2.28. The quantitative estimate of drug-likeness (QED) is 0.886. The number of morpholine rings is 1. The van der Waals surface area contributed by atoms with Gasteiger partial charge in [0.05, 0.1) is 13.2 Å². The van der Waals surface area contributed by atoms with Crippen molar-refractivity contribution in [2.45, 2.75) is 0 Å². The van der Waals surface area contributed by atoms with Gasteiger partial charge in [-0.2, -0.15) is 15.0 Å². The van der Waals surface area contributed by atoms with E-state index < -0.39 is 0 Å². The first-order valence-corrected chi connectivity index (χ1v) is 6.55. The van der Waals surface area contributed by atoms with Crippen LogP contribution in [-0.2, 0) is 4.74 Å². The molecule has 0 aromatic carbocycles. The van der Waals surface area contributed by atoms with Crippen molar-refractivity contribution in [1.82, 2.24) is 19.9 Å². The van der Waals surface area contributed by atoms with Crippen LogP contribution in [0.2, 0.25) is 0 Å². The lowest BCUT2D eigenvalue weighted by molar-refractivity contribution is 0.122. The molecule has 0 radical (unpaired) electrons. The van der Waals surface area contributed by atoms with Gasteiger partial charge in [0.1, 0.15) is 5.69 Å². The van der Waals surface area contributed by atoms with E-state index in [4.69, 9.17) is 4.74 Å². The van der Waals surface area contributed by atoms with E-state index in [0.717, 1.165) is 18.8 Å². The summed E-state index contributed by atoms with van der Waals surface area (Å²) >= 11 is 0. The summed E-state index contributed by atoms with van der Waals surface area (Å²) < 4.78 is 5.35. The van der Waals surface area contributed by atoms with Gasteiger partial charge < -0.3 is 15.0 Å². The van der Waals surface area contributed by atoms with E-state index in [1.54, 1.807) is 13.2 Å². The lowest BCUT2D eigenvalue weighted by atomic mass is 10.3. The molecule has 0 unspecified atom stereocenters. The smallest absolute Gasteiger partial charge is 0.230 e. The maximum absolute atomic E-state index is 5.35. The average molecular weight is 272 g/mol. The monoisotopic (exact) mass is 272 g/mol. The molecule has 0 amide bonds. The normalized spacial score (nSPS) is 15.2. The van der Waals surface area contributed by atoms with Gasteiger partial charge in [-0.3, -0.25) is 4.98 Å². The summed E-state index contributed by atoms with van der Waals surface area (Å²) in [6.07, 6.45) is 1.73. The van der Waals surface area contributed by atoms with Crippen molar-refractivity contribution in [3.63, 3.8) is 0 Å². The third-order valence-corrected chi connectivity index (χ3v) is 3.04. The van der Waals surface area contributed by atoms with Crippen LogP contribution < -0.4 is 10.2 Å². The minimum absolute atomic E-state index is 0.544. The first-order chi connectivity index (χ1) is 9.86. The molecule has 104 valence electrons. The molecule has 3 rings (SSSR count). The SMILES string of the molecule is CNc1nc(-c2ccccn2)nc(N2CCOCC2)n1. The van der Waals surface area contributed by atoms with Gasteiger partial charge in [-0.15, -0.1) is 0 Å². The molecule has 0 aliphatic carbocycles.